The maximum atomic E-state index is 12.5. The molecule has 0 unspecified atom stereocenters. The predicted molar refractivity (Wildman–Crippen MR) is 100 cm³/mol. The summed E-state index contributed by atoms with van der Waals surface area (Å²) >= 11 is 0. The minimum atomic E-state index is -2.00. The maximum Gasteiger partial charge on any atom is 0.411 e. The molecule has 7 heteroatoms. The molecule has 0 bridgehead atoms. The Kier molecular flexibility index (Phi) is 6.64. The van der Waals surface area contributed by atoms with Crippen LogP contribution in [0.3, 0.4) is 0 Å². The zero-order valence-corrected chi connectivity index (χ0v) is 17.8. The molecule has 1 N–H and O–H groups in total. The number of aliphatic hydroxyl groups excluding tert-OH is 1. The molecule has 0 saturated carbocycles. The van der Waals surface area contributed by atoms with Gasteiger partial charge in [0.25, 0.3) is 0 Å². The van der Waals surface area contributed by atoms with E-state index in [1.54, 1.807) is 26.8 Å². The zero-order chi connectivity index (χ0) is 19.6. The second-order valence-corrected chi connectivity index (χ2v) is 13.8. The average Bonchev–Trinajstić information content (AvgIpc) is 2.42. The van der Waals surface area contributed by atoms with Gasteiger partial charge in [-0.1, -0.05) is 26.8 Å². The van der Waals surface area contributed by atoms with Crippen molar-refractivity contribution in [2.45, 2.75) is 71.3 Å². The molecule has 1 heterocycles. The Balaban J connectivity index is 3.01. The van der Waals surface area contributed by atoms with E-state index in [2.05, 4.69) is 33.9 Å². The summed E-state index contributed by atoms with van der Waals surface area (Å²) in [5.74, 6) is -0.267. The van der Waals surface area contributed by atoms with Crippen LogP contribution < -0.4 is 0 Å². The van der Waals surface area contributed by atoms with E-state index in [9.17, 15) is 14.7 Å². The quantitative estimate of drug-likeness (QED) is 0.769. The molecule has 1 aliphatic heterocycles. The number of ketones is 1. The standard InChI is InChI=1S/C18H33NO5Si/c1-17(2,3)24-16(22)19-10-15(21)13(11-20)9-14(19)12-23-25(7,8)18(4,5)6/h9,14,20H,10-12H2,1-8H3/t14-/m0/s1. The summed E-state index contributed by atoms with van der Waals surface area (Å²) in [6.45, 7) is 15.9. The molecular formula is C18H33NO5Si. The molecule has 25 heavy (non-hydrogen) atoms. The van der Waals surface area contributed by atoms with Gasteiger partial charge in [0.05, 0.1) is 25.8 Å². The molecule has 1 amide bonds. The number of carbonyl (C=O) groups is 2. The minimum Gasteiger partial charge on any atom is -0.444 e. The van der Waals surface area contributed by atoms with Gasteiger partial charge in [-0.15, -0.1) is 0 Å². The maximum absolute atomic E-state index is 12.5. The van der Waals surface area contributed by atoms with Crippen LogP contribution in [0.5, 0.6) is 0 Å². The lowest BCUT2D eigenvalue weighted by molar-refractivity contribution is -0.118. The minimum absolute atomic E-state index is 0.0394. The van der Waals surface area contributed by atoms with Crippen LogP contribution in [0.4, 0.5) is 4.79 Å². The number of carbonyl (C=O) groups excluding carboxylic acids is 2. The summed E-state index contributed by atoms with van der Waals surface area (Å²) in [6, 6.07) is -0.427. The number of Topliss-reactive ketones (excluding diaryl/α,β-unsaturated/α-hetero) is 1. The number of ether oxygens (including phenoxy) is 1. The highest BCUT2D eigenvalue weighted by molar-refractivity contribution is 6.74. The molecule has 0 radical (unpaired) electrons. The van der Waals surface area contributed by atoms with Gasteiger partial charge in [0.2, 0.25) is 0 Å². The molecule has 0 aromatic rings. The fourth-order valence-corrected chi connectivity index (χ4v) is 3.12. The number of nitrogens with zero attached hydrogens (tertiary/aromatic N) is 1. The largest absolute Gasteiger partial charge is 0.444 e. The molecule has 144 valence electrons. The molecule has 0 aliphatic carbocycles. The van der Waals surface area contributed by atoms with Crippen molar-refractivity contribution in [1.82, 2.24) is 4.90 Å². The van der Waals surface area contributed by atoms with Crippen molar-refractivity contribution in [2.75, 3.05) is 19.8 Å². The van der Waals surface area contributed by atoms with E-state index in [4.69, 9.17) is 9.16 Å². The fourth-order valence-electron chi connectivity index (χ4n) is 2.10. The third-order valence-corrected chi connectivity index (χ3v) is 9.19. The van der Waals surface area contributed by atoms with E-state index < -0.39 is 26.1 Å². The van der Waals surface area contributed by atoms with Crippen LogP contribution >= 0.6 is 0 Å². The van der Waals surface area contributed by atoms with E-state index in [1.165, 1.54) is 4.90 Å². The topological polar surface area (TPSA) is 76.1 Å². The smallest absolute Gasteiger partial charge is 0.411 e. The van der Waals surface area contributed by atoms with Crippen molar-refractivity contribution < 1.29 is 23.9 Å². The summed E-state index contributed by atoms with van der Waals surface area (Å²) in [6.07, 6.45) is 1.08. The summed E-state index contributed by atoms with van der Waals surface area (Å²) in [7, 11) is -2.00. The molecule has 0 fully saturated rings. The van der Waals surface area contributed by atoms with Crippen LogP contribution in [-0.2, 0) is 14.0 Å². The van der Waals surface area contributed by atoms with E-state index in [0.29, 0.717) is 5.57 Å². The van der Waals surface area contributed by atoms with Gasteiger partial charge in [0.1, 0.15) is 5.60 Å². The SMILES string of the molecule is CC(C)(C)OC(=O)N1CC(=O)C(CO)=C[C@H]1CO[Si](C)(C)C(C)(C)C. The molecule has 0 saturated heterocycles. The van der Waals surface area contributed by atoms with Crippen molar-refractivity contribution in [3.05, 3.63) is 11.6 Å². The highest BCUT2D eigenvalue weighted by Crippen LogP contribution is 2.37. The second kappa shape index (κ2) is 7.59. The third kappa shape index (κ3) is 5.93. The molecule has 1 aliphatic rings. The van der Waals surface area contributed by atoms with Crippen LogP contribution in [0.1, 0.15) is 41.5 Å². The van der Waals surface area contributed by atoms with Crippen LogP contribution in [-0.4, -0.2) is 61.6 Å². The van der Waals surface area contributed by atoms with Gasteiger partial charge >= 0.3 is 6.09 Å². The molecule has 0 aromatic heterocycles. The second-order valence-electron chi connectivity index (χ2n) is 9.02. The third-order valence-electron chi connectivity index (χ3n) is 4.69. The van der Waals surface area contributed by atoms with E-state index >= 15 is 0 Å². The van der Waals surface area contributed by atoms with Crippen molar-refractivity contribution in [2.24, 2.45) is 0 Å². The van der Waals surface area contributed by atoms with E-state index in [-0.39, 0.29) is 30.6 Å². The Morgan fingerprint density at radius 2 is 1.84 bits per heavy atom. The number of rotatable bonds is 4. The Morgan fingerprint density at radius 1 is 1.28 bits per heavy atom. The van der Waals surface area contributed by atoms with E-state index in [1.807, 2.05) is 0 Å². The summed E-state index contributed by atoms with van der Waals surface area (Å²) < 4.78 is 11.6. The summed E-state index contributed by atoms with van der Waals surface area (Å²) in [5, 5.41) is 9.43. The number of amides is 1. The monoisotopic (exact) mass is 371 g/mol. The number of hydrogen-bond acceptors (Lipinski definition) is 5. The molecule has 0 spiro atoms. The Bertz CT molecular complexity index is 543. The lowest BCUT2D eigenvalue weighted by Crippen LogP contribution is -2.52. The Hall–Kier alpha value is -1.18. The number of hydrogen-bond donors (Lipinski definition) is 1. The molecule has 0 aromatic carbocycles. The Labute approximate surface area is 152 Å². The first kappa shape index (κ1) is 21.9. The highest BCUT2D eigenvalue weighted by atomic mass is 28.4. The van der Waals surface area contributed by atoms with Crippen LogP contribution in [0.15, 0.2) is 11.6 Å². The van der Waals surface area contributed by atoms with Gasteiger partial charge in [0.15, 0.2) is 14.1 Å². The van der Waals surface area contributed by atoms with Crippen molar-refractivity contribution in [1.29, 1.82) is 0 Å². The van der Waals surface area contributed by atoms with Crippen LogP contribution in [0, 0.1) is 0 Å². The predicted octanol–water partition coefficient (Wildman–Crippen LogP) is 3.12. The molecule has 1 rings (SSSR count). The lowest BCUT2D eigenvalue weighted by Gasteiger charge is -2.40. The first-order chi connectivity index (χ1) is 11.2. The number of aliphatic hydroxyl groups is 1. The Morgan fingerprint density at radius 3 is 2.28 bits per heavy atom. The van der Waals surface area contributed by atoms with Gasteiger partial charge < -0.3 is 14.3 Å². The van der Waals surface area contributed by atoms with Gasteiger partial charge in [-0.05, 0) is 38.9 Å². The zero-order valence-electron chi connectivity index (χ0n) is 16.8. The van der Waals surface area contributed by atoms with Gasteiger partial charge in [-0.25, -0.2) is 4.79 Å². The van der Waals surface area contributed by atoms with Crippen molar-refractivity contribution in [3.63, 3.8) is 0 Å². The van der Waals surface area contributed by atoms with Gasteiger partial charge in [-0.3, -0.25) is 9.69 Å². The summed E-state index contributed by atoms with van der Waals surface area (Å²) in [4.78, 5) is 26.0. The average molecular weight is 372 g/mol. The fraction of sp³-hybridized carbons (Fsp3) is 0.778. The highest BCUT2D eigenvalue weighted by Gasteiger charge is 2.40. The van der Waals surface area contributed by atoms with Gasteiger partial charge in [0, 0.05) is 5.57 Å². The molecule has 1 atom stereocenters. The lowest BCUT2D eigenvalue weighted by atomic mass is 10.0. The van der Waals surface area contributed by atoms with Gasteiger partial charge in [-0.2, -0.15) is 0 Å². The van der Waals surface area contributed by atoms with Crippen molar-refractivity contribution in [3.8, 4) is 0 Å². The molecule has 6 nitrogen and oxygen atoms in total. The first-order valence-corrected chi connectivity index (χ1v) is 11.6. The van der Waals surface area contributed by atoms with E-state index in [0.717, 1.165) is 0 Å². The summed E-state index contributed by atoms with van der Waals surface area (Å²) in [5.41, 5.74) is -0.324. The van der Waals surface area contributed by atoms with Crippen molar-refractivity contribution >= 4 is 20.2 Å². The normalized spacial score (nSPS) is 19.7. The molecular weight excluding hydrogens is 338 g/mol. The first-order valence-electron chi connectivity index (χ1n) is 8.66. The van der Waals surface area contributed by atoms with Crippen LogP contribution in [0.25, 0.3) is 0 Å². The van der Waals surface area contributed by atoms with Crippen LogP contribution in [0.2, 0.25) is 18.1 Å².